The molecule has 5 nitrogen and oxygen atoms in total. The van der Waals surface area contributed by atoms with Crippen LogP contribution >= 0.6 is 22.6 Å². The van der Waals surface area contributed by atoms with Crippen molar-refractivity contribution in [2.45, 2.75) is 25.8 Å². The summed E-state index contributed by atoms with van der Waals surface area (Å²) in [5.74, 6) is -3.67. The number of carbonyl (C=O) groups excluding carboxylic acids is 2. The van der Waals surface area contributed by atoms with Crippen LogP contribution in [0.1, 0.15) is 33.6 Å². The Kier molecular flexibility index (Phi) is 9.58. The van der Waals surface area contributed by atoms with Gasteiger partial charge in [-0.2, -0.15) is 0 Å². The van der Waals surface area contributed by atoms with Crippen LogP contribution in [-0.2, 0) is 29.0 Å². The number of aryl methyl sites for hydroxylation is 2. The maximum Gasteiger partial charge on any atom is 0.372 e. The fourth-order valence-electron chi connectivity index (χ4n) is 3.11. The lowest BCUT2D eigenvalue weighted by atomic mass is 10.1. The Labute approximate surface area is 194 Å². The maximum absolute atomic E-state index is 13.2. The highest BCUT2D eigenvalue weighted by Gasteiger charge is 2.21. The van der Waals surface area contributed by atoms with Crippen molar-refractivity contribution < 1.29 is 23.9 Å². The molecule has 0 saturated heterocycles. The highest BCUT2D eigenvalue weighted by molar-refractivity contribution is 14.1. The second-order valence-corrected chi connectivity index (χ2v) is 6.80. The molecule has 7 heteroatoms. The lowest BCUT2D eigenvalue weighted by Gasteiger charge is -2.08. The molecule has 0 fully saturated rings. The summed E-state index contributed by atoms with van der Waals surface area (Å²) in [5, 5.41) is 8.78. The molecule has 0 radical (unpaired) electrons. The molecule has 2 aromatic carbocycles. The van der Waals surface area contributed by atoms with Crippen molar-refractivity contribution >= 4 is 40.1 Å². The molecule has 0 unspecified atom stereocenters. The van der Waals surface area contributed by atoms with E-state index in [0.29, 0.717) is 13.0 Å². The van der Waals surface area contributed by atoms with Crippen LogP contribution in [-0.4, -0.2) is 32.1 Å². The van der Waals surface area contributed by atoms with Crippen LogP contribution in [0.4, 0.5) is 4.39 Å². The third-order valence-corrected chi connectivity index (χ3v) is 4.61. The van der Waals surface area contributed by atoms with E-state index in [9.17, 15) is 18.8 Å². The zero-order chi connectivity index (χ0) is 22.8. The Morgan fingerprint density at radius 3 is 2.13 bits per heavy atom. The number of nitrogens with zero attached hydrogens (tertiary/aromatic N) is 1. The number of carboxylic acid groups (broad SMARTS) is 1. The van der Waals surface area contributed by atoms with Gasteiger partial charge in [-0.3, -0.25) is 9.59 Å². The summed E-state index contributed by atoms with van der Waals surface area (Å²) in [6.45, 7) is 0.313. The molecule has 3 aromatic rings. The van der Waals surface area contributed by atoms with Crippen LogP contribution in [0, 0.1) is 5.82 Å². The van der Waals surface area contributed by atoms with Crippen LogP contribution in [0.25, 0.3) is 0 Å². The van der Waals surface area contributed by atoms with Crippen molar-refractivity contribution in [3.8, 4) is 0 Å². The predicted octanol–water partition coefficient (Wildman–Crippen LogP) is 4.74. The van der Waals surface area contributed by atoms with Crippen LogP contribution in [0.15, 0.2) is 66.9 Å². The third kappa shape index (κ3) is 7.43. The molecule has 31 heavy (non-hydrogen) atoms. The molecule has 0 aliphatic carbocycles. The minimum absolute atomic E-state index is 0.270. The molecule has 1 aromatic heterocycles. The summed E-state index contributed by atoms with van der Waals surface area (Å²) in [7, 11) is 0. The molecule has 0 aliphatic rings. The summed E-state index contributed by atoms with van der Waals surface area (Å²) < 4.78 is 14.8. The quantitative estimate of drug-likeness (QED) is 0.141. The summed E-state index contributed by atoms with van der Waals surface area (Å²) in [5.41, 5.74) is 3.12. The molecular weight excluding hydrogens is 512 g/mol. The standard InChI is InChI=1S/C23H20FNO4.CH3I/c24-19-10-8-17(9-11-19)14-25-15-18(7-6-16-4-2-1-3-5-16)12-20(25)21(26)13-22(27)23(28)29;1-2/h1-5,8-12,15H,6-7,13-14H2,(H,28,29);1H3. The van der Waals surface area contributed by atoms with Crippen molar-refractivity contribution in [3.63, 3.8) is 0 Å². The smallest absolute Gasteiger partial charge is 0.372 e. The Hall–Kier alpha value is -2.81. The van der Waals surface area contributed by atoms with Crippen LogP contribution < -0.4 is 0 Å². The third-order valence-electron chi connectivity index (χ3n) is 4.61. The van der Waals surface area contributed by atoms with Crippen LogP contribution in [0.5, 0.6) is 0 Å². The lowest BCUT2D eigenvalue weighted by Crippen LogP contribution is -2.19. The molecular formula is C24H23FINO4. The maximum atomic E-state index is 13.2. The average molecular weight is 535 g/mol. The summed E-state index contributed by atoms with van der Waals surface area (Å²) in [6, 6.07) is 17.5. The monoisotopic (exact) mass is 535 g/mol. The molecule has 1 N–H and O–H groups in total. The topological polar surface area (TPSA) is 76.4 Å². The van der Waals surface area contributed by atoms with E-state index in [1.165, 1.54) is 12.1 Å². The van der Waals surface area contributed by atoms with Crippen LogP contribution in [0.3, 0.4) is 0 Å². The Morgan fingerprint density at radius 1 is 0.903 bits per heavy atom. The Morgan fingerprint density at radius 2 is 1.52 bits per heavy atom. The number of hydrogen-bond donors (Lipinski definition) is 1. The van der Waals surface area contributed by atoms with E-state index in [0.717, 1.165) is 23.1 Å². The van der Waals surface area contributed by atoms with Crippen molar-refractivity contribution in [1.29, 1.82) is 0 Å². The zero-order valence-electron chi connectivity index (χ0n) is 17.1. The number of alkyl halides is 1. The van der Waals surface area contributed by atoms with Gasteiger partial charge in [0.05, 0.1) is 12.1 Å². The van der Waals surface area contributed by atoms with Crippen molar-refractivity contribution in [3.05, 3.63) is 95.1 Å². The number of carboxylic acids is 1. The first-order chi connectivity index (χ1) is 14.9. The van der Waals surface area contributed by atoms with Crippen LogP contribution in [0.2, 0.25) is 0 Å². The number of hydrogen-bond acceptors (Lipinski definition) is 3. The Bertz CT molecular complexity index is 1030. The van der Waals surface area contributed by atoms with Gasteiger partial charge in [-0.25, -0.2) is 9.18 Å². The van der Waals surface area contributed by atoms with Gasteiger partial charge < -0.3 is 9.67 Å². The number of carbonyl (C=O) groups is 3. The summed E-state index contributed by atoms with van der Waals surface area (Å²) in [6.07, 6.45) is 2.60. The van der Waals surface area contributed by atoms with E-state index >= 15 is 0 Å². The molecule has 0 atom stereocenters. The summed E-state index contributed by atoms with van der Waals surface area (Å²) >= 11 is 2.15. The molecule has 3 rings (SSSR count). The fourth-order valence-corrected chi connectivity index (χ4v) is 3.11. The van der Waals surface area contributed by atoms with E-state index in [-0.39, 0.29) is 11.5 Å². The van der Waals surface area contributed by atoms with E-state index in [2.05, 4.69) is 22.6 Å². The van der Waals surface area contributed by atoms with E-state index in [4.69, 9.17) is 5.11 Å². The van der Waals surface area contributed by atoms with Gasteiger partial charge in [0, 0.05) is 12.7 Å². The number of rotatable bonds is 9. The number of aromatic nitrogens is 1. The first-order valence-corrected chi connectivity index (χ1v) is 11.7. The number of aliphatic carboxylic acids is 1. The molecule has 0 amide bonds. The molecule has 162 valence electrons. The van der Waals surface area contributed by atoms with Gasteiger partial charge in [0.2, 0.25) is 5.78 Å². The van der Waals surface area contributed by atoms with Gasteiger partial charge in [0.25, 0.3) is 0 Å². The molecule has 0 bridgehead atoms. The summed E-state index contributed by atoms with van der Waals surface area (Å²) in [4.78, 5) is 36.8. The van der Waals surface area contributed by atoms with Crippen molar-refractivity contribution in [1.82, 2.24) is 4.57 Å². The number of ketones is 2. The van der Waals surface area contributed by atoms with E-state index in [1.54, 1.807) is 22.8 Å². The van der Waals surface area contributed by atoms with E-state index in [1.807, 2.05) is 41.5 Å². The minimum atomic E-state index is -1.63. The SMILES string of the molecule is CI.O=C(O)C(=O)CC(=O)c1cc(CCc2ccccc2)cn1Cc1ccc(F)cc1. The largest absolute Gasteiger partial charge is 0.475 e. The first-order valence-electron chi connectivity index (χ1n) is 9.57. The highest BCUT2D eigenvalue weighted by Crippen LogP contribution is 2.17. The normalized spacial score (nSPS) is 10.2. The number of halogens is 2. The first kappa shape index (κ1) is 24.5. The zero-order valence-corrected chi connectivity index (χ0v) is 19.2. The molecule has 0 spiro atoms. The van der Waals surface area contributed by atoms with Crippen molar-refractivity contribution in [2.24, 2.45) is 0 Å². The van der Waals surface area contributed by atoms with Gasteiger partial charge in [0.15, 0.2) is 5.78 Å². The lowest BCUT2D eigenvalue weighted by molar-refractivity contribution is -0.148. The molecule has 0 aliphatic heterocycles. The van der Waals surface area contributed by atoms with Gasteiger partial charge in [-0.15, -0.1) is 0 Å². The second kappa shape index (κ2) is 12.1. The highest BCUT2D eigenvalue weighted by atomic mass is 127. The minimum Gasteiger partial charge on any atom is -0.475 e. The number of Topliss-reactive ketones (excluding diaryl/α,β-unsaturated/α-hetero) is 2. The van der Waals surface area contributed by atoms with E-state index < -0.39 is 24.0 Å². The fraction of sp³-hybridized carbons (Fsp3) is 0.208. The number of benzene rings is 2. The molecule has 1 heterocycles. The van der Waals surface area contributed by atoms with Gasteiger partial charge >= 0.3 is 5.97 Å². The Balaban J connectivity index is 0.00000166. The van der Waals surface area contributed by atoms with Crippen molar-refractivity contribution in [2.75, 3.05) is 4.93 Å². The van der Waals surface area contributed by atoms with Gasteiger partial charge in [0.1, 0.15) is 5.82 Å². The molecule has 0 saturated carbocycles. The predicted molar refractivity (Wildman–Crippen MR) is 125 cm³/mol. The van der Waals surface area contributed by atoms with Gasteiger partial charge in [-0.05, 0) is 52.7 Å². The second-order valence-electron chi connectivity index (χ2n) is 6.80. The average Bonchev–Trinajstić information content (AvgIpc) is 3.18. The van der Waals surface area contributed by atoms with Gasteiger partial charge in [-0.1, -0.05) is 65.1 Å².